The molecule has 0 bridgehead atoms. The highest BCUT2D eigenvalue weighted by Crippen LogP contribution is 2.27. The van der Waals surface area contributed by atoms with Crippen LogP contribution < -0.4 is 4.90 Å². The maximum Gasteiger partial charge on any atom is 0.318 e. The number of benzene rings is 1. The SMILES string of the molecule is O=C(C1CCCCC1)N1CCN(c2nnc(-c3ccccc3)o2)CC1. The normalized spacial score (nSPS) is 19.2. The van der Waals surface area contributed by atoms with Crippen molar-refractivity contribution >= 4 is 11.9 Å². The largest absolute Gasteiger partial charge is 0.403 e. The second-order valence-electron chi connectivity index (χ2n) is 6.90. The molecule has 2 aromatic rings. The minimum Gasteiger partial charge on any atom is -0.403 e. The van der Waals surface area contributed by atoms with Crippen LogP contribution in [0.1, 0.15) is 32.1 Å². The van der Waals surface area contributed by atoms with Gasteiger partial charge in [0.25, 0.3) is 0 Å². The van der Waals surface area contributed by atoms with Gasteiger partial charge in [-0.1, -0.05) is 42.6 Å². The summed E-state index contributed by atoms with van der Waals surface area (Å²) in [6.07, 6.45) is 5.78. The lowest BCUT2D eigenvalue weighted by atomic mass is 9.88. The van der Waals surface area contributed by atoms with E-state index in [2.05, 4.69) is 15.1 Å². The molecule has 6 heteroatoms. The molecule has 1 aliphatic heterocycles. The number of nitrogens with zero attached hydrogens (tertiary/aromatic N) is 4. The molecule has 0 N–H and O–H groups in total. The Morgan fingerprint density at radius 1 is 0.960 bits per heavy atom. The Morgan fingerprint density at radius 2 is 1.68 bits per heavy atom. The van der Waals surface area contributed by atoms with E-state index in [1.807, 2.05) is 35.2 Å². The molecule has 2 aliphatic rings. The number of hydrogen-bond acceptors (Lipinski definition) is 5. The van der Waals surface area contributed by atoms with Gasteiger partial charge in [0, 0.05) is 37.7 Å². The van der Waals surface area contributed by atoms with Crippen LogP contribution in [-0.4, -0.2) is 47.2 Å². The van der Waals surface area contributed by atoms with Crippen LogP contribution >= 0.6 is 0 Å². The average molecular weight is 340 g/mol. The first-order chi connectivity index (χ1) is 12.3. The molecule has 1 aliphatic carbocycles. The fourth-order valence-corrected chi connectivity index (χ4v) is 3.77. The summed E-state index contributed by atoms with van der Waals surface area (Å²) in [5, 5.41) is 8.33. The highest BCUT2D eigenvalue weighted by molar-refractivity contribution is 5.79. The molecule has 2 heterocycles. The lowest BCUT2D eigenvalue weighted by Crippen LogP contribution is -2.50. The van der Waals surface area contributed by atoms with Crippen LogP contribution in [-0.2, 0) is 4.79 Å². The van der Waals surface area contributed by atoms with Crippen molar-refractivity contribution in [2.24, 2.45) is 5.92 Å². The van der Waals surface area contributed by atoms with Crippen molar-refractivity contribution in [1.82, 2.24) is 15.1 Å². The number of anilines is 1. The van der Waals surface area contributed by atoms with Crippen molar-refractivity contribution in [3.63, 3.8) is 0 Å². The molecule has 0 unspecified atom stereocenters. The zero-order valence-corrected chi connectivity index (χ0v) is 14.4. The molecule has 2 fully saturated rings. The van der Waals surface area contributed by atoms with E-state index in [-0.39, 0.29) is 5.92 Å². The minimum atomic E-state index is 0.244. The molecule has 4 rings (SSSR count). The molecule has 1 aromatic carbocycles. The van der Waals surface area contributed by atoms with Gasteiger partial charge in [-0.25, -0.2) is 0 Å². The van der Waals surface area contributed by atoms with Crippen molar-refractivity contribution in [3.8, 4) is 11.5 Å². The van der Waals surface area contributed by atoms with E-state index in [1.165, 1.54) is 19.3 Å². The Hall–Kier alpha value is -2.37. The van der Waals surface area contributed by atoms with Gasteiger partial charge in [0.1, 0.15) is 0 Å². The van der Waals surface area contributed by atoms with E-state index >= 15 is 0 Å². The summed E-state index contributed by atoms with van der Waals surface area (Å²) >= 11 is 0. The Labute approximate surface area is 147 Å². The smallest absolute Gasteiger partial charge is 0.318 e. The van der Waals surface area contributed by atoms with Crippen LogP contribution in [0, 0.1) is 5.92 Å². The number of hydrogen-bond donors (Lipinski definition) is 0. The van der Waals surface area contributed by atoms with E-state index in [4.69, 9.17) is 4.42 Å². The number of rotatable bonds is 3. The van der Waals surface area contributed by atoms with E-state index in [0.717, 1.165) is 44.6 Å². The Balaban J connectivity index is 1.36. The van der Waals surface area contributed by atoms with Gasteiger partial charge >= 0.3 is 6.01 Å². The Kier molecular flexibility index (Phi) is 4.68. The van der Waals surface area contributed by atoms with Crippen LogP contribution in [0.3, 0.4) is 0 Å². The number of aromatic nitrogens is 2. The summed E-state index contributed by atoms with van der Waals surface area (Å²) in [5.74, 6) is 1.12. The quantitative estimate of drug-likeness (QED) is 0.859. The van der Waals surface area contributed by atoms with E-state index in [9.17, 15) is 4.79 Å². The molecule has 25 heavy (non-hydrogen) atoms. The Morgan fingerprint density at radius 3 is 2.40 bits per heavy atom. The summed E-state index contributed by atoms with van der Waals surface area (Å²) in [6.45, 7) is 2.96. The van der Waals surface area contributed by atoms with Gasteiger partial charge in [-0.3, -0.25) is 4.79 Å². The highest BCUT2D eigenvalue weighted by Gasteiger charge is 2.29. The Bertz CT molecular complexity index is 701. The zero-order chi connectivity index (χ0) is 17.1. The predicted molar refractivity (Wildman–Crippen MR) is 95.1 cm³/mol. The van der Waals surface area contributed by atoms with Gasteiger partial charge in [-0.05, 0) is 25.0 Å². The molecular weight excluding hydrogens is 316 g/mol. The van der Waals surface area contributed by atoms with E-state index in [1.54, 1.807) is 0 Å². The number of piperazine rings is 1. The lowest BCUT2D eigenvalue weighted by Gasteiger charge is -2.36. The van der Waals surface area contributed by atoms with Crippen molar-refractivity contribution in [2.75, 3.05) is 31.1 Å². The highest BCUT2D eigenvalue weighted by atomic mass is 16.4. The molecular formula is C19H24N4O2. The van der Waals surface area contributed by atoms with Crippen molar-refractivity contribution in [2.45, 2.75) is 32.1 Å². The zero-order valence-electron chi connectivity index (χ0n) is 14.4. The van der Waals surface area contributed by atoms with Gasteiger partial charge < -0.3 is 14.2 Å². The maximum atomic E-state index is 12.6. The summed E-state index contributed by atoms with van der Waals surface area (Å²) in [4.78, 5) is 16.7. The van der Waals surface area contributed by atoms with Crippen molar-refractivity contribution < 1.29 is 9.21 Å². The number of carbonyl (C=O) groups excluding carboxylic acids is 1. The molecule has 1 saturated heterocycles. The fourth-order valence-electron chi connectivity index (χ4n) is 3.77. The van der Waals surface area contributed by atoms with Gasteiger partial charge in [0.2, 0.25) is 11.8 Å². The fraction of sp³-hybridized carbons (Fsp3) is 0.526. The van der Waals surface area contributed by atoms with Crippen LogP contribution in [0.2, 0.25) is 0 Å². The molecule has 0 spiro atoms. The molecule has 1 saturated carbocycles. The molecule has 6 nitrogen and oxygen atoms in total. The number of carbonyl (C=O) groups is 1. The standard InChI is InChI=1S/C19H24N4O2/c24-18(16-9-5-2-6-10-16)22-11-13-23(14-12-22)19-21-20-17(25-19)15-7-3-1-4-8-15/h1,3-4,7-8,16H,2,5-6,9-14H2. The van der Waals surface area contributed by atoms with Crippen molar-refractivity contribution in [3.05, 3.63) is 30.3 Å². The third-order valence-electron chi connectivity index (χ3n) is 5.25. The number of amides is 1. The third kappa shape index (κ3) is 3.52. The minimum absolute atomic E-state index is 0.244. The van der Waals surface area contributed by atoms with Gasteiger partial charge in [-0.2, -0.15) is 0 Å². The van der Waals surface area contributed by atoms with Crippen LogP contribution in [0.4, 0.5) is 6.01 Å². The summed E-state index contributed by atoms with van der Waals surface area (Å²) in [7, 11) is 0. The average Bonchev–Trinajstić information content (AvgIpc) is 3.19. The monoisotopic (exact) mass is 340 g/mol. The molecule has 1 aromatic heterocycles. The third-order valence-corrected chi connectivity index (χ3v) is 5.25. The lowest BCUT2D eigenvalue weighted by molar-refractivity contribution is -0.136. The molecule has 1 amide bonds. The van der Waals surface area contributed by atoms with Crippen molar-refractivity contribution in [1.29, 1.82) is 0 Å². The summed E-state index contributed by atoms with van der Waals surface area (Å²) in [6, 6.07) is 10.3. The molecule has 0 atom stereocenters. The second kappa shape index (κ2) is 7.25. The maximum absolute atomic E-state index is 12.6. The first-order valence-electron chi connectivity index (χ1n) is 9.24. The first kappa shape index (κ1) is 16.1. The van der Waals surface area contributed by atoms with Gasteiger partial charge in [-0.15, -0.1) is 5.10 Å². The second-order valence-corrected chi connectivity index (χ2v) is 6.90. The summed E-state index contributed by atoms with van der Waals surface area (Å²) < 4.78 is 5.82. The summed E-state index contributed by atoms with van der Waals surface area (Å²) in [5.41, 5.74) is 0.923. The van der Waals surface area contributed by atoms with Crippen LogP contribution in [0.25, 0.3) is 11.5 Å². The molecule has 0 radical (unpaired) electrons. The predicted octanol–water partition coefficient (Wildman–Crippen LogP) is 2.97. The van der Waals surface area contributed by atoms with Gasteiger partial charge in [0.05, 0.1) is 0 Å². The van der Waals surface area contributed by atoms with Crippen LogP contribution in [0.5, 0.6) is 0 Å². The van der Waals surface area contributed by atoms with E-state index < -0.39 is 0 Å². The van der Waals surface area contributed by atoms with E-state index in [0.29, 0.717) is 17.8 Å². The first-order valence-corrected chi connectivity index (χ1v) is 9.24. The topological polar surface area (TPSA) is 62.5 Å². The van der Waals surface area contributed by atoms with Gasteiger partial charge in [0.15, 0.2) is 0 Å². The molecule has 132 valence electrons. The van der Waals surface area contributed by atoms with Crippen LogP contribution in [0.15, 0.2) is 34.7 Å².